The van der Waals surface area contributed by atoms with Crippen molar-refractivity contribution in [1.82, 2.24) is 19.3 Å². The SMILES string of the molecule is Cn1ccnc1-c1cnn(CCO)c1N. The maximum absolute atomic E-state index is 8.80. The summed E-state index contributed by atoms with van der Waals surface area (Å²) in [4.78, 5) is 4.19. The van der Waals surface area contributed by atoms with Gasteiger partial charge in [0.15, 0.2) is 0 Å². The zero-order valence-electron chi connectivity index (χ0n) is 8.46. The van der Waals surface area contributed by atoms with Gasteiger partial charge < -0.3 is 15.4 Å². The first-order valence-corrected chi connectivity index (χ1v) is 4.64. The third kappa shape index (κ3) is 1.59. The Labute approximate surface area is 87.0 Å². The van der Waals surface area contributed by atoms with Crippen LogP contribution in [0.25, 0.3) is 11.4 Å². The number of hydrogen-bond donors (Lipinski definition) is 2. The highest BCUT2D eigenvalue weighted by Crippen LogP contribution is 2.22. The number of aromatic nitrogens is 4. The molecule has 0 aromatic carbocycles. The topological polar surface area (TPSA) is 81.9 Å². The van der Waals surface area contributed by atoms with E-state index < -0.39 is 0 Å². The van der Waals surface area contributed by atoms with Gasteiger partial charge >= 0.3 is 0 Å². The Hall–Kier alpha value is -1.82. The number of nitrogen functional groups attached to an aromatic ring is 1. The summed E-state index contributed by atoms with van der Waals surface area (Å²) in [5.41, 5.74) is 6.67. The molecule has 6 nitrogen and oxygen atoms in total. The molecule has 15 heavy (non-hydrogen) atoms. The molecule has 0 saturated carbocycles. The van der Waals surface area contributed by atoms with Crippen LogP contribution in [0.15, 0.2) is 18.6 Å². The van der Waals surface area contributed by atoms with Crippen LogP contribution < -0.4 is 5.73 Å². The third-order valence-corrected chi connectivity index (χ3v) is 2.25. The summed E-state index contributed by atoms with van der Waals surface area (Å²) >= 11 is 0. The zero-order valence-corrected chi connectivity index (χ0v) is 8.46. The molecule has 0 unspecified atom stereocenters. The molecule has 2 rings (SSSR count). The first kappa shape index (κ1) is 9.72. The molecule has 0 amide bonds. The fourth-order valence-electron chi connectivity index (χ4n) is 1.47. The van der Waals surface area contributed by atoms with Crippen LogP contribution in [0.1, 0.15) is 0 Å². The van der Waals surface area contributed by atoms with Crippen LogP contribution in [0.5, 0.6) is 0 Å². The fraction of sp³-hybridized carbons (Fsp3) is 0.333. The number of rotatable bonds is 3. The average Bonchev–Trinajstić information content (AvgIpc) is 2.76. The molecule has 2 aromatic rings. The van der Waals surface area contributed by atoms with Crippen molar-refractivity contribution < 1.29 is 5.11 Å². The van der Waals surface area contributed by atoms with Gasteiger partial charge in [0.2, 0.25) is 0 Å². The number of anilines is 1. The molecular formula is C9H13N5O. The standard InChI is InChI=1S/C9H13N5O/c1-13-3-2-11-9(13)7-6-12-14(4-5-15)8(7)10/h2-3,6,15H,4-5,10H2,1H3. The molecule has 80 valence electrons. The lowest BCUT2D eigenvalue weighted by molar-refractivity contribution is 0.270. The van der Waals surface area contributed by atoms with Gasteiger partial charge in [-0.25, -0.2) is 9.67 Å². The monoisotopic (exact) mass is 207 g/mol. The summed E-state index contributed by atoms with van der Waals surface area (Å²) in [6.45, 7) is 0.419. The van der Waals surface area contributed by atoms with E-state index in [1.54, 1.807) is 17.1 Å². The van der Waals surface area contributed by atoms with Gasteiger partial charge in [0, 0.05) is 19.4 Å². The molecule has 0 atom stereocenters. The molecular weight excluding hydrogens is 194 g/mol. The van der Waals surface area contributed by atoms with Crippen molar-refractivity contribution in [2.45, 2.75) is 6.54 Å². The molecule has 0 aliphatic carbocycles. The van der Waals surface area contributed by atoms with Crippen LogP contribution in [0.2, 0.25) is 0 Å². The molecule has 0 fully saturated rings. The van der Waals surface area contributed by atoms with Gasteiger partial charge in [0.25, 0.3) is 0 Å². The third-order valence-electron chi connectivity index (χ3n) is 2.25. The number of nitrogens with two attached hydrogens (primary N) is 1. The molecule has 2 heterocycles. The second-order valence-corrected chi connectivity index (χ2v) is 3.25. The van der Waals surface area contributed by atoms with Crippen molar-refractivity contribution in [2.75, 3.05) is 12.3 Å². The molecule has 3 N–H and O–H groups in total. The molecule has 0 saturated heterocycles. The van der Waals surface area contributed by atoms with Crippen LogP contribution in [0, 0.1) is 0 Å². The highest BCUT2D eigenvalue weighted by atomic mass is 16.3. The predicted molar refractivity (Wildman–Crippen MR) is 55.9 cm³/mol. The van der Waals surface area contributed by atoms with Crippen molar-refractivity contribution >= 4 is 5.82 Å². The number of aryl methyl sites for hydroxylation is 1. The summed E-state index contributed by atoms with van der Waals surface area (Å²) in [6.07, 6.45) is 5.21. The maximum Gasteiger partial charge on any atom is 0.144 e. The summed E-state index contributed by atoms with van der Waals surface area (Å²) in [5, 5.41) is 12.9. The van der Waals surface area contributed by atoms with Gasteiger partial charge in [-0.15, -0.1) is 0 Å². The van der Waals surface area contributed by atoms with Crippen LogP contribution in [-0.4, -0.2) is 31.0 Å². The lowest BCUT2D eigenvalue weighted by Gasteiger charge is -2.03. The van der Waals surface area contributed by atoms with E-state index in [0.29, 0.717) is 12.4 Å². The van der Waals surface area contributed by atoms with Gasteiger partial charge in [-0.05, 0) is 0 Å². The normalized spacial score (nSPS) is 10.8. The van der Waals surface area contributed by atoms with E-state index in [1.165, 1.54) is 0 Å². The summed E-state index contributed by atoms with van der Waals surface area (Å²) < 4.78 is 3.43. The van der Waals surface area contributed by atoms with Crippen molar-refractivity contribution in [3.8, 4) is 11.4 Å². The minimum Gasteiger partial charge on any atom is -0.394 e. The van der Waals surface area contributed by atoms with E-state index in [0.717, 1.165) is 11.4 Å². The van der Waals surface area contributed by atoms with Crippen molar-refractivity contribution in [3.63, 3.8) is 0 Å². The maximum atomic E-state index is 8.80. The number of aliphatic hydroxyl groups is 1. The number of hydrogen-bond acceptors (Lipinski definition) is 4. The summed E-state index contributed by atoms with van der Waals surface area (Å²) in [6, 6.07) is 0. The predicted octanol–water partition coefficient (Wildman–Crippen LogP) is -0.142. The van der Waals surface area contributed by atoms with E-state index in [-0.39, 0.29) is 6.61 Å². The van der Waals surface area contributed by atoms with E-state index in [4.69, 9.17) is 10.8 Å². The largest absolute Gasteiger partial charge is 0.394 e. The number of aliphatic hydroxyl groups excluding tert-OH is 1. The molecule has 0 bridgehead atoms. The van der Waals surface area contributed by atoms with Crippen LogP contribution >= 0.6 is 0 Å². The average molecular weight is 207 g/mol. The van der Waals surface area contributed by atoms with E-state index in [2.05, 4.69) is 10.1 Å². The van der Waals surface area contributed by atoms with Gasteiger partial charge in [-0.2, -0.15) is 5.10 Å². The molecule has 0 aliphatic heterocycles. The molecule has 0 aliphatic rings. The lowest BCUT2D eigenvalue weighted by atomic mass is 10.3. The summed E-state index contributed by atoms with van der Waals surface area (Å²) in [5.74, 6) is 1.30. The Morgan fingerprint density at radius 2 is 2.33 bits per heavy atom. The first-order chi connectivity index (χ1) is 7.24. The van der Waals surface area contributed by atoms with E-state index in [1.807, 2.05) is 17.8 Å². The lowest BCUT2D eigenvalue weighted by Crippen LogP contribution is -2.08. The quantitative estimate of drug-likeness (QED) is 0.733. The molecule has 0 radical (unpaired) electrons. The second kappa shape index (κ2) is 3.74. The Kier molecular flexibility index (Phi) is 2.42. The minimum atomic E-state index is 0.0197. The molecule has 0 spiro atoms. The van der Waals surface area contributed by atoms with Crippen LogP contribution in [0.3, 0.4) is 0 Å². The van der Waals surface area contributed by atoms with Crippen LogP contribution in [-0.2, 0) is 13.6 Å². The second-order valence-electron chi connectivity index (χ2n) is 3.25. The highest BCUT2D eigenvalue weighted by Gasteiger charge is 2.12. The zero-order chi connectivity index (χ0) is 10.8. The van der Waals surface area contributed by atoms with Crippen LogP contribution in [0.4, 0.5) is 5.82 Å². The summed E-state index contributed by atoms with van der Waals surface area (Å²) in [7, 11) is 1.89. The van der Waals surface area contributed by atoms with Gasteiger partial charge in [-0.3, -0.25) is 0 Å². The fourth-order valence-corrected chi connectivity index (χ4v) is 1.47. The molecule has 2 aromatic heterocycles. The Balaban J connectivity index is 2.42. The van der Waals surface area contributed by atoms with Gasteiger partial charge in [0.1, 0.15) is 11.6 Å². The number of imidazole rings is 1. The Bertz CT molecular complexity index is 459. The van der Waals surface area contributed by atoms with E-state index in [9.17, 15) is 0 Å². The molecule has 6 heteroatoms. The van der Waals surface area contributed by atoms with Crippen molar-refractivity contribution in [2.24, 2.45) is 7.05 Å². The minimum absolute atomic E-state index is 0.0197. The van der Waals surface area contributed by atoms with E-state index >= 15 is 0 Å². The Morgan fingerprint density at radius 3 is 2.93 bits per heavy atom. The highest BCUT2D eigenvalue weighted by molar-refractivity contribution is 5.68. The smallest absolute Gasteiger partial charge is 0.144 e. The van der Waals surface area contributed by atoms with Crippen molar-refractivity contribution in [1.29, 1.82) is 0 Å². The van der Waals surface area contributed by atoms with Crippen molar-refractivity contribution in [3.05, 3.63) is 18.6 Å². The van der Waals surface area contributed by atoms with Gasteiger partial charge in [0.05, 0.1) is 24.9 Å². The number of nitrogens with zero attached hydrogens (tertiary/aromatic N) is 4. The Morgan fingerprint density at radius 1 is 1.53 bits per heavy atom. The first-order valence-electron chi connectivity index (χ1n) is 4.64. The van der Waals surface area contributed by atoms with Gasteiger partial charge in [-0.1, -0.05) is 0 Å².